The minimum absolute atomic E-state index is 0.221. The highest BCUT2D eigenvalue weighted by Gasteiger charge is 2.27. The number of hydrogen-bond donors (Lipinski definition) is 0. The molecule has 0 aromatic heterocycles. The molecule has 0 unspecified atom stereocenters. The highest BCUT2D eigenvalue weighted by Crippen LogP contribution is 2.13. The Balaban J connectivity index is 2.02. The average molecular weight is 337 g/mol. The van der Waals surface area contributed by atoms with Crippen LogP contribution in [0.2, 0.25) is 0 Å². The average Bonchev–Trinajstić information content (AvgIpc) is 2.46. The van der Waals surface area contributed by atoms with E-state index >= 15 is 0 Å². The van der Waals surface area contributed by atoms with E-state index in [-0.39, 0.29) is 5.78 Å². The second kappa shape index (κ2) is 6.74. The van der Waals surface area contributed by atoms with Gasteiger partial charge in [-0.3, -0.25) is 9.00 Å². The predicted molar refractivity (Wildman–Crippen MR) is 92.5 cm³/mol. The Labute approximate surface area is 137 Å². The number of carbonyl (C=O) groups is 2. The third-order valence-electron chi connectivity index (χ3n) is 3.45. The molecule has 1 aliphatic rings. The summed E-state index contributed by atoms with van der Waals surface area (Å²) in [5.74, 6) is 0.372. The molecule has 1 amide bonds. The Morgan fingerprint density at radius 3 is 2.22 bits per heavy atom. The second-order valence-electron chi connectivity index (χ2n) is 6.59. The zero-order valence-electron chi connectivity index (χ0n) is 13.8. The van der Waals surface area contributed by atoms with E-state index in [1.54, 1.807) is 29.2 Å². The van der Waals surface area contributed by atoms with Gasteiger partial charge in [-0.15, -0.1) is 0 Å². The van der Waals surface area contributed by atoms with Crippen LogP contribution in [-0.4, -0.2) is 56.5 Å². The topological polar surface area (TPSA) is 63.7 Å². The van der Waals surface area contributed by atoms with Crippen LogP contribution in [0, 0.1) is 0 Å². The van der Waals surface area contributed by atoms with Gasteiger partial charge < -0.3 is 9.64 Å². The fourth-order valence-corrected chi connectivity index (χ4v) is 4.26. The van der Waals surface area contributed by atoms with Gasteiger partial charge in [-0.2, -0.15) is 0 Å². The fourth-order valence-electron chi connectivity index (χ4n) is 2.24. The monoisotopic (exact) mass is 337 g/mol. The third kappa shape index (κ3) is 5.10. The summed E-state index contributed by atoms with van der Waals surface area (Å²) >= 11 is 0. The first kappa shape index (κ1) is 17.5. The molecule has 1 aliphatic heterocycles. The predicted octanol–water partition coefficient (Wildman–Crippen LogP) is 2.21. The van der Waals surface area contributed by atoms with Crippen LogP contribution in [0.5, 0.6) is 0 Å². The van der Waals surface area contributed by atoms with Crippen LogP contribution in [0.1, 0.15) is 31.1 Å². The van der Waals surface area contributed by atoms with Gasteiger partial charge in [0, 0.05) is 35.5 Å². The van der Waals surface area contributed by atoms with E-state index in [2.05, 4.69) is 0 Å². The van der Waals surface area contributed by atoms with Gasteiger partial charge in [0.25, 0.3) is 0 Å². The molecule has 23 heavy (non-hydrogen) atoms. The Bertz CT molecular complexity index is 683. The highest BCUT2D eigenvalue weighted by molar-refractivity contribution is 8.02. The van der Waals surface area contributed by atoms with E-state index in [0.717, 1.165) is 0 Å². The smallest absolute Gasteiger partial charge is 0.410 e. The summed E-state index contributed by atoms with van der Waals surface area (Å²) in [6.45, 7) is 6.11. The van der Waals surface area contributed by atoms with Crippen molar-refractivity contribution in [3.63, 3.8) is 0 Å². The molecule has 0 aliphatic carbocycles. The first-order valence-corrected chi connectivity index (χ1v) is 9.56. The third-order valence-corrected chi connectivity index (χ3v) is 5.84. The standard InChI is InChI=1S/C17H23NO4S/c1-17(2,3)22-16(20)18-9-11-23(21,12-10-18)13-15(19)14-7-5-4-6-8-14/h4-8,13H,9-12H2,1-3H3. The molecular formula is C17H23NO4S. The minimum Gasteiger partial charge on any atom is -0.444 e. The molecular weight excluding hydrogens is 314 g/mol. The zero-order chi connectivity index (χ0) is 17.1. The van der Waals surface area contributed by atoms with Crippen molar-refractivity contribution in [1.82, 2.24) is 4.90 Å². The maximum Gasteiger partial charge on any atom is 0.410 e. The minimum atomic E-state index is -2.37. The fraction of sp³-hybridized carbons (Fsp3) is 0.471. The lowest BCUT2D eigenvalue weighted by molar-refractivity contribution is 0.0268. The lowest BCUT2D eigenvalue weighted by Crippen LogP contribution is -2.46. The van der Waals surface area contributed by atoms with Crippen LogP contribution in [0.15, 0.2) is 30.3 Å². The largest absolute Gasteiger partial charge is 0.444 e. The number of ketones is 1. The molecule has 0 saturated carbocycles. The molecule has 1 aromatic carbocycles. The van der Waals surface area contributed by atoms with Crippen LogP contribution in [0.4, 0.5) is 4.79 Å². The zero-order valence-corrected chi connectivity index (χ0v) is 14.6. The Morgan fingerprint density at radius 1 is 1.13 bits per heavy atom. The molecule has 126 valence electrons. The van der Waals surface area contributed by atoms with E-state index < -0.39 is 21.2 Å². The molecule has 0 N–H and O–H groups in total. The lowest BCUT2D eigenvalue weighted by atomic mass is 10.2. The quantitative estimate of drug-likeness (QED) is 0.613. The van der Waals surface area contributed by atoms with Gasteiger partial charge in [-0.1, -0.05) is 30.3 Å². The number of benzene rings is 1. The normalized spacial score (nSPS) is 17.4. The van der Waals surface area contributed by atoms with E-state index in [9.17, 15) is 13.8 Å². The summed E-state index contributed by atoms with van der Waals surface area (Å²) in [5, 5.41) is 1.34. The summed E-state index contributed by atoms with van der Waals surface area (Å²) in [6, 6.07) is 8.79. The number of carbonyl (C=O) groups excluding carboxylic acids is 2. The first-order valence-electron chi connectivity index (χ1n) is 7.60. The molecule has 2 rings (SSSR count). The number of amides is 1. The van der Waals surface area contributed by atoms with Crippen molar-refractivity contribution in [2.75, 3.05) is 24.6 Å². The second-order valence-corrected chi connectivity index (χ2v) is 9.38. The molecule has 5 nitrogen and oxygen atoms in total. The molecule has 1 aromatic rings. The van der Waals surface area contributed by atoms with Crippen molar-refractivity contribution >= 4 is 26.8 Å². The summed E-state index contributed by atoms with van der Waals surface area (Å²) in [5.41, 5.74) is -0.0180. The van der Waals surface area contributed by atoms with Crippen molar-refractivity contribution in [3.8, 4) is 0 Å². The van der Waals surface area contributed by atoms with Gasteiger partial charge in [-0.25, -0.2) is 4.79 Å². The van der Waals surface area contributed by atoms with Gasteiger partial charge in [0.1, 0.15) is 5.60 Å². The first-order chi connectivity index (χ1) is 10.7. The van der Waals surface area contributed by atoms with Crippen LogP contribution >= 0.6 is 0 Å². The molecule has 6 heteroatoms. The molecule has 0 spiro atoms. The van der Waals surface area contributed by atoms with Gasteiger partial charge >= 0.3 is 6.09 Å². The van der Waals surface area contributed by atoms with Crippen LogP contribution < -0.4 is 0 Å². The summed E-state index contributed by atoms with van der Waals surface area (Å²) in [6.07, 6.45) is -0.395. The van der Waals surface area contributed by atoms with Crippen LogP contribution in [0.3, 0.4) is 0 Å². The molecule has 1 saturated heterocycles. The molecule has 1 heterocycles. The van der Waals surface area contributed by atoms with Crippen molar-refractivity contribution in [2.45, 2.75) is 26.4 Å². The number of nitrogens with zero attached hydrogens (tertiary/aromatic N) is 1. The highest BCUT2D eigenvalue weighted by atomic mass is 32.2. The van der Waals surface area contributed by atoms with Crippen molar-refractivity contribution in [1.29, 1.82) is 0 Å². The lowest BCUT2D eigenvalue weighted by Gasteiger charge is -2.31. The number of Topliss-reactive ketones (excluding diaryl/α,β-unsaturated/α-hetero) is 1. The van der Waals surface area contributed by atoms with Gasteiger partial charge in [-0.05, 0) is 30.3 Å². The van der Waals surface area contributed by atoms with E-state index in [0.29, 0.717) is 30.2 Å². The Kier molecular flexibility index (Phi) is 5.14. The van der Waals surface area contributed by atoms with Crippen LogP contribution in [-0.2, 0) is 14.3 Å². The number of rotatable bonds is 2. The van der Waals surface area contributed by atoms with E-state index in [1.165, 1.54) is 5.37 Å². The van der Waals surface area contributed by atoms with Crippen LogP contribution in [0.25, 0.3) is 0 Å². The number of ether oxygens (including phenoxy) is 1. The molecule has 0 atom stereocenters. The summed E-state index contributed by atoms with van der Waals surface area (Å²) < 4.78 is 18.1. The SMILES string of the molecule is CC(C)(C)OC(=O)N1CCS(=O)(=CC(=O)c2ccccc2)CC1. The maximum absolute atomic E-state index is 12.8. The van der Waals surface area contributed by atoms with Crippen molar-refractivity contribution < 1.29 is 18.5 Å². The molecule has 0 bridgehead atoms. The van der Waals surface area contributed by atoms with Crippen molar-refractivity contribution in [3.05, 3.63) is 35.9 Å². The summed E-state index contributed by atoms with van der Waals surface area (Å²) in [4.78, 5) is 25.7. The summed E-state index contributed by atoms with van der Waals surface area (Å²) in [7, 11) is -2.37. The maximum atomic E-state index is 12.8. The number of hydrogen-bond acceptors (Lipinski definition) is 4. The van der Waals surface area contributed by atoms with E-state index in [4.69, 9.17) is 4.74 Å². The molecule has 1 fully saturated rings. The van der Waals surface area contributed by atoms with Gasteiger partial charge in [0.05, 0.1) is 0 Å². The Hall–Kier alpha value is -1.82. The van der Waals surface area contributed by atoms with Crippen molar-refractivity contribution in [2.24, 2.45) is 0 Å². The van der Waals surface area contributed by atoms with Gasteiger partial charge in [0.2, 0.25) is 0 Å². The Morgan fingerprint density at radius 2 is 1.70 bits per heavy atom. The van der Waals surface area contributed by atoms with Gasteiger partial charge in [0.15, 0.2) is 5.78 Å². The van der Waals surface area contributed by atoms with E-state index in [1.807, 2.05) is 26.8 Å². The molecule has 0 radical (unpaired) electrons.